The van der Waals surface area contributed by atoms with Gasteiger partial charge in [-0.1, -0.05) is 114 Å². The number of aliphatic hydroxyl groups excluding tert-OH is 2. The number of nitrogens with zero attached hydrogens (tertiary/aromatic N) is 2. The Kier molecular flexibility index (Phi) is 19.9. The lowest BCUT2D eigenvalue weighted by molar-refractivity contribution is -0.256. The van der Waals surface area contributed by atoms with E-state index in [9.17, 15) is 15.0 Å². The van der Waals surface area contributed by atoms with E-state index < -0.39 is 23.8 Å². The molecule has 358 valence electrons. The van der Waals surface area contributed by atoms with Crippen molar-refractivity contribution in [3.8, 4) is 23.0 Å². The molecule has 4 aliphatic rings. The van der Waals surface area contributed by atoms with Crippen LogP contribution in [0.3, 0.4) is 0 Å². The van der Waals surface area contributed by atoms with Gasteiger partial charge in [-0.3, -0.25) is 4.90 Å². The number of benzene rings is 2. The minimum Gasteiger partial charge on any atom is -0.490 e. The molecule has 2 heterocycles. The molecule has 0 saturated heterocycles. The van der Waals surface area contributed by atoms with Crippen molar-refractivity contribution in [3.05, 3.63) is 84.5 Å². The first kappa shape index (κ1) is 49.9. The van der Waals surface area contributed by atoms with Gasteiger partial charge in [-0.2, -0.15) is 0 Å². The molecule has 0 spiro atoms. The second-order valence-electron chi connectivity index (χ2n) is 17.9. The molecule has 0 aromatic heterocycles. The van der Waals surface area contributed by atoms with Gasteiger partial charge in [0, 0.05) is 37.7 Å². The second kappa shape index (κ2) is 26.0. The summed E-state index contributed by atoms with van der Waals surface area (Å²) in [5.74, 6) is 0.751. The number of carbonyl (C=O) groups is 1. The molecular weight excluding hydrogens is 825 g/mol. The Labute approximate surface area is 388 Å². The molecule has 1 fully saturated rings. The predicted molar refractivity (Wildman–Crippen MR) is 254 cm³/mol. The van der Waals surface area contributed by atoms with Crippen LogP contribution in [-0.4, -0.2) is 85.2 Å². The van der Waals surface area contributed by atoms with Gasteiger partial charge < -0.3 is 43.5 Å². The first-order valence-electron chi connectivity index (χ1n) is 24.7. The van der Waals surface area contributed by atoms with Crippen LogP contribution in [0.5, 0.6) is 23.0 Å². The molecule has 1 amide bonds. The molecule has 12 heteroatoms. The van der Waals surface area contributed by atoms with Crippen LogP contribution >= 0.6 is 0 Å². The molecule has 0 radical (unpaired) electrons. The number of ether oxygens (including phenoxy) is 6. The molecule has 2 aromatic rings. The van der Waals surface area contributed by atoms with Crippen LogP contribution in [-0.2, 0) is 20.9 Å². The number of hydrogen-bond donors (Lipinski definition) is 2. The van der Waals surface area contributed by atoms with E-state index in [-0.39, 0.29) is 63.9 Å². The number of unbranched alkanes of at least 4 members (excludes halogenated alkanes) is 11. The number of allylic oxidation sites excluding steroid dienone is 1. The highest BCUT2D eigenvalue weighted by Crippen LogP contribution is 2.62. The predicted octanol–water partition coefficient (Wildman–Crippen LogP) is 11.2. The highest BCUT2D eigenvalue weighted by Gasteiger charge is 2.65. The molecule has 0 bridgehead atoms. The molecular formula is C53H76N2O10. The van der Waals surface area contributed by atoms with E-state index in [0.29, 0.717) is 49.1 Å². The zero-order valence-electron chi connectivity index (χ0n) is 39.2. The first-order chi connectivity index (χ1) is 31.9. The molecule has 2 N–H and O–H groups in total. The third-order valence-corrected chi connectivity index (χ3v) is 13.4. The Morgan fingerprint density at radius 2 is 1.55 bits per heavy atom. The summed E-state index contributed by atoms with van der Waals surface area (Å²) in [6, 6.07) is 11.0. The fourth-order valence-electron chi connectivity index (χ4n) is 10.4. The number of aliphatic hydroxyl groups is 2. The van der Waals surface area contributed by atoms with Gasteiger partial charge in [0.15, 0.2) is 11.5 Å². The van der Waals surface area contributed by atoms with Gasteiger partial charge in [0.1, 0.15) is 30.8 Å². The minimum atomic E-state index is -1.43. The van der Waals surface area contributed by atoms with Crippen LogP contribution in [0, 0.1) is 17.8 Å². The number of oxime groups is 1. The number of carbonyl (C=O) groups excluding carboxylic acids is 1. The fraction of sp³-hybridized carbons (Fsp3) is 0.623. The molecule has 65 heavy (non-hydrogen) atoms. The van der Waals surface area contributed by atoms with Crippen molar-refractivity contribution < 1.29 is 48.3 Å². The maximum absolute atomic E-state index is 15.0. The molecule has 0 unspecified atom stereocenters. The summed E-state index contributed by atoms with van der Waals surface area (Å²) >= 11 is 0. The number of rotatable bonds is 30. The average Bonchev–Trinajstić information content (AvgIpc) is 3.80. The Hall–Kier alpha value is -4.52. The number of amides is 1. The van der Waals surface area contributed by atoms with Gasteiger partial charge in [-0.15, -0.1) is 6.58 Å². The zero-order chi connectivity index (χ0) is 45.9. The van der Waals surface area contributed by atoms with Crippen LogP contribution < -0.4 is 18.9 Å². The molecule has 1 saturated carbocycles. The summed E-state index contributed by atoms with van der Waals surface area (Å²) in [5, 5.41) is 24.7. The van der Waals surface area contributed by atoms with Crippen molar-refractivity contribution in [1.29, 1.82) is 0 Å². The first-order valence-corrected chi connectivity index (χ1v) is 24.7. The molecule has 12 nitrogen and oxygen atoms in total. The summed E-state index contributed by atoms with van der Waals surface area (Å²) in [4.78, 5) is 22.7. The third kappa shape index (κ3) is 12.7. The van der Waals surface area contributed by atoms with Crippen LogP contribution in [0.1, 0.15) is 140 Å². The maximum Gasteiger partial charge on any atom is 0.410 e. The van der Waals surface area contributed by atoms with E-state index in [0.717, 1.165) is 67.4 Å². The summed E-state index contributed by atoms with van der Waals surface area (Å²) in [7, 11) is 0. The smallest absolute Gasteiger partial charge is 0.410 e. The quantitative estimate of drug-likeness (QED) is 0.0443. The van der Waals surface area contributed by atoms with Gasteiger partial charge in [0.25, 0.3) is 0 Å². The SMILES string of the molecule is C=CCOc1ccc2c(c1)[C@H]1[C@H](CCCCO)[C@@H](CCCCO)C=C3C(=NOCC)C[C@H](N(Cc4ccc5c(c4)OCO5)C(=O)OCCCCCCCCCCCC)[C@@](OCC=C)(O2)[C@H]31. The Morgan fingerprint density at radius 3 is 2.28 bits per heavy atom. The minimum absolute atomic E-state index is 0.0794. The zero-order valence-corrected chi connectivity index (χ0v) is 39.2. The highest BCUT2D eigenvalue weighted by atomic mass is 16.7. The standard InChI is InChI=1S/C53H76N2O10/c1-5-9-10-11-12-13-14-15-16-21-32-60-52(58)55(37-39-24-26-47-48(33-39)62-38-61-47)49-36-45(54-64-8-4)43-34-40(22-17-19-28-56)42(23-18-20-29-57)50-44-35-41(59-30-6-2)25-27-46(44)65-53(49,51(43)50)63-31-7-3/h6-7,24-27,33-35,40,42,49-51,56-57H,2-3,5,8-23,28-32,36-38H2,1,4H3/t40-,42+,49-,50+,51+,53+/m0/s1. The van der Waals surface area contributed by atoms with Crippen LogP contribution in [0.15, 0.2) is 78.5 Å². The number of hydrogen-bond acceptors (Lipinski definition) is 11. The summed E-state index contributed by atoms with van der Waals surface area (Å²) in [6.45, 7) is 13.8. The Bertz CT molecular complexity index is 1880. The van der Waals surface area contributed by atoms with E-state index in [1.807, 2.05) is 37.3 Å². The van der Waals surface area contributed by atoms with Gasteiger partial charge >= 0.3 is 6.09 Å². The van der Waals surface area contributed by atoms with Gasteiger partial charge in [-0.25, -0.2) is 4.79 Å². The summed E-state index contributed by atoms with van der Waals surface area (Å²) in [5.41, 5.74) is 3.53. The van der Waals surface area contributed by atoms with Crippen molar-refractivity contribution in [2.45, 2.75) is 147 Å². The van der Waals surface area contributed by atoms with Crippen molar-refractivity contribution in [1.82, 2.24) is 4.90 Å². The number of fused-ring (bicyclic) bond motifs is 3. The van der Waals surface area contributed by atoms with E-state index in [1.54, 1.807) is 17.1 Å². The molecule has 2 aliphatic heterocycles. The largest absolute Gasteiger partial charge is 0.490 e. The van der Waals surface area contributed by atoms with Crippen molar-refractivity contribution >= 4 is 11.8 Å². The molecule has 2 aliphatic carbocycles. The monoisotopic (exact) mass is 901 g/mol. The van der Waals surface area contributed by atoms with Crippen LogP contribution in [0.4, 0.5) is 4.79 Å². The lowest BCUT2D eigenvalue weighted by atomic mass is 9.55. The average molecular weight is 901 g/mol. The van der Waals surface area contributed by atoms with Gasteiger partial charge in [0.2, 0.25) is 12.6 Å². The third-order valence-electron chi connectivity index (χ3n) is 13.4. The molecule has 2 aromatic carbocycles. The van der Waals surface area contributed by atoms with Gasteiger partial charge in [0.05, 0.1) is 24.8 Å². The van der Waals surface area contributed by atoms with Crippen molar-refractivity contribution in [3.63, 3.8) is 0 Å². The summed E-state index contributed by atoms with van der Waals surface area (Å²) < 4.78 is 38.4. The lowest BCUT2D eigenvalue weighted by Crippen LogP contribution is -2.70. The second-order valence-corrected chi connectivity index (χ2v) is 17.9. The molecule has 6 atom stereocenters. The van der Waals surface area contributed by atoms with Crippen LogP contribution in [0.25, 0.3) is 0 Å². The van der Waals surface area contributed by atoms with E-state index in [2.05, 4.69) is 32.2 Å². The molecule has 6 rings (SSSR count). The lowest BCUT2D eigenvalue weighted by Gasteiger charge is -2.59. The van der Waals surface area contributed by atoms with Crippen molar-refractivity contribution in [2.75, 3.05) is 46.4 Å². The summed E-state index contributed by atoms with van der Waals surface area (Å²) in [6.07, 6.45) is 22.1. The Morgan fingerprint density at radius 1 is 0.846 bits per heavy atom. The Balaban J connectivity index is 1.44. The van der Waals surface area contributed by atoms with E-state index >= 15 is 0 Å². The highest BCUT2D eigenvalue weighted by molar-refractivity contribution is 6.03. The maximum atomic E-state index is 15.0. The van der Waals surface area contributed by atoms with Gasteiger partial charge in [-0.05, 0) is 92.3 Å². The van der Waals surface area contributed by atoms with E-state index in [4.69, 9.17) is 38.4 Å². The normalized spacial score (nSPS) is 23.2. The fourth-order valence-corrected chi connectivity index (χ4v) is 10.4. The van der Waals surface area contributed by atoms with Crippen LogP contribution in [0.2, 0.25) is 0 Å². The topological polar surface area (TPSA) is 138 Å². The van der Waals surface area contributed by atoms with E-state index in [1.165, 1.54) is 44.9 Å². The van der Waals surface area contributed by atoms with Crippen molar-refractivity contribution in [2.24, 2.45) is 22.9 Å².